The van der Waals surface area contributed by atoms with Crippen LogP contribution in [0.3, 0.4) is 0 Å². The highest BCUT2D eigenvalue weighted by atomic mass is 35.5. The third-order valence-electron chi connectivity index (χ3n) is 4.55. The number of furan rings is 1. The van der Waals surface area contributed by atoms with Gasteiger partial charge in [0.15, 0.2) is 0 Å². The van der Waals surface area contributed by atoms with E-state index in [2.05, 4.69) is 58.7 Å². The summed E-state index contributed by atoms with van der Waals surface area (Å²) >= 11 is 0. The number of nitrogens with one attached hydrogen (secondary N) is 1. The zero-order valence-corrected chi connectivity index (χ0v) is 18.5. The Kier molecular flexibility index (Phi) is 11.9. The van der Waals surface area contributed by atoms with Crippen molar-refractivity contribution in [3.63, 3.8) is 0 Å². The number of nitrogens with zero attached hydrogens (tertiary/aromatic N) is 1. The summed E-state index contributed by atoms with van der Waals surface area (Å²) in [5.41, 5.74) is 8.61. The van der Waals surface area contributed by atoms with Gasteiger partial charge in [-0.25, -0.2) is 0 Å². The van der Waals surface area contributed by atoms with Gasteiger partial charge in [0.2, 0.25) is 0 Å². The van der Waals surface area contributed by atoms with Crippen molar-refractivity contribution in [2.75, 3.05) is 13.1 Å². The summed E-state index contributed by atoms with van der Waals surface area (Å²) in [4.78, 5) is 14.6. The van der Waals surface area contributed by atoms with Gasteiger partial charge >= 0.3 is 0 Å². The molecule has 0 saturated carbocycles. The monoisotopic (exact) mass is 449 g/mol. The normalized spacial score (nSPS) is 10.2. The lowest BCUT2D eigenvalue weighted by atomic mass is 10.1. The minimum absolute atomic E-state index is 0. The number of amides is 1. The molecule has 5 nitrogen and oxygen atoms in total. The molecular weight excluding hydrogens is 421 g/mol. The Bertz CT molecular complexity index is 816. The predicted octanol–water partition coefficient (Wildman–Crippen LogP) is 4.40. The minimum atomic E-state index is -0.124. The van der Waals surface area contributed by atoms with Gasteiger partial charge in [-0.05, 0) is 23.6 Å². The average molecular weight is 450 g/mol. The third-order valence-corrected chi connectivity index (χ3v) is 4.55. The van der Waals surface area contributed by atoms with Gasteiger partial charge in [-0.15, -0.1) is 24.8 Å². The maximum absolute atomic E-state index is 12.2. The predicted molar refractivity (Wildman–Crippen MR) is 125 cm³/mol. The van der Waals surface area contributed by atoms with Gasteiger partial charge in [0.25, 0.3) is 5.91 Å². The molecule has 7 heteroatoms. The first-order chi connectivity index (χ1) is 13.7. The molecule has 30 heavy (non-hydrogen) atoms. The van der Waals surface area contributed by atoms with E-state index in [9.17, 15) is 4.79 Å². The highest BCUT2D eigenvalue weighted by molar-refractivity contribution is 5.93. The lowest BCUT2D eigenvalue weighted by Crippen LogP contribution is -2.29. The van der Waals surface area contributed by atoms with Crippen LogP contribution in [0, 0.1) is 0 Å². The van der Waals surface area contributed by atoms with E-state index < -0.39 is 0 Å². The highest BCUT2D eigenvalue weighted by Gasteiger charge is 2.10. The minimum Gasteiger partial charge on any atom is -0.467 e. The lowest BCUT2D eigenvalue weighted by Gasteiger charge is -2.22. The Balaban J connectivity index is 0.00000225. The van der Waals surface area contributed by atoms with Crippen molar-refractivity contribution in [1.29, 1.82) is 0 Å². The number of hydrogen-bond acceptors (Lipinski definition) is 4. The number of carbonyl (C=O) groups is 1. The van der Waals surface area contributed by atoms with Crippen molar-refractivity contribution < 1.29 is 9.21 Å². The molecule has 1 amide bonds. The number of halogens is 2. The Morgan fingerprint density at radius 3 is 2.00 bits per heavy atom. The summed E-state index contributed by atoms with van der Waals surface area (Å²) in [6.45, 7) is 3.56. The average Bonchev–Trinajstić information content (AvgIpc) is 3.22. The second kappa shape index (κ2) is 13.8. The molecule has 0 aliphatic carbocycles. The van der Waals surface area contributed by atoms with E-state index in [-0.39, 0.29) is 30.7 Å². The Morgan fingerprint density at radius 2 is 1.50 bits per heavy atom. The lowest BCUT2D eigenvalue weighted by molar-refractivity contribution is 0.0950. The van der Waals surface area contributed by atoms with Crippen molar-refractivity contribution >= 4 is 30.7 Å². The summed E-state index contributed by atoms with van der Waals surface area (Å²) in [6, 6.07) is 22.6. The van der Waals surface area contributed by atoms with Crippen LogP contribution in [-0.4, -0.2) is 23.9 Å². The second-order valence-corrected chi connectivity index (χ2v) is 6.80. The van der Waals surface area contributed by atoms with E-state index >= 15 is 0 Å². The fourth-order valence-electron chi connectivity index (χ4n) is 3.11. The molecular formula is C23H29Cl2N3O2. The molecule has 3 N–H and O–H groups in total. The molecule has 0 bridgehead atoms. The quantitative estimate of drug-likeness (QED) is 0.449. The topological polar surface area (TPSA) is 71.5 Å². The molecule has 0 aliphatic rings. The van der Waals surface area contributed by atoms with Crippen LogP contribution in [0.4, 0.5) is 0 Å². The Morgan fingerprint density at radius 1 is 0.933 bits per heavy atom. The van der Waals surface area contributed by atoms with Crippen LogP contribution in [-0.2, 0) is 19.6 Å². The molecule has 0 fully saturated rings. The second-order valence-electron chi connectivity index (χ2n) is 6.80. The van der Waals surface area contributed by atoms with E-state index in [4.69, 9.17) is 10.2 Å². The number of benzene rings is 2. The standard InChI is InChI=1S/C23H27N3O2.2ClH/c24-15-22-14-21(18-28-22)23(27)25-12-7-13-26(16-19-8-3-1-4-9-19)17-20-10-5-2-6-11-20;;/h1-6,8-11,14,18H,7,12-13,15-17,24H2,(H,25,27);2*1H. The van der Waals surface area contributed by atoms with Crippen LogP contribution in [0.15, 0.2) is 77.4 Å². The summed E-state index contributed by atoms with van der Waals surface area (Å²) in [6.07, 6.45) is 2.32. The van der Waals surface area contributed by atoms with Crippen molar-refractivity contribution in [2.24, 2.45) is 5.73 Å². The van der Waals surface area contributed by atoms with Crippen molar-refractivity contribution in [3.8, 4) is 0 Å². The molecule has 0 saturated heterocycles. The maximum Gasteiger partial charge on any atom is 0.254 e. The van der Waals surface area contributed by atoms with E-state index in [1.54, 1.807) is 6.07 Å². The van der Waals surface area contributed by atoms with Crippen LogP contribution in [0.1, 0.15) is 33.7 Å². The Labute approximate surface area is 190 Å². The Hall–Kier alpha value is -2.31. The van der Waals surface area contributed by atoms with Crippen LogP contribution < -0.4 is 11.1 Å². The maximum atomic E-state index is 12.2. The number of carbonyl (C=O) groups excluding carboxylic acids is 1. The molecule has 2 aromatic carbocycles. The molecule has 1 aromatic heterocycles. The van der Waals surface area contributed by atoms with Gasteiger partial charge in [0, 0.05) is 26.2 Å². The molecule has 3 rings (SSSR count). The first-order valence-electron chi connectivity index (χ1n) is 9.60. The fraction of sp³-hybridized carbons (Fsp3) is 0.261. The zero-order chi connectivity index (χ0) is 19.6. The van der Waals surface area contributed by atoms with Crippen LogP contribution in [0.25, 0.3) is 0 Å². The van der Waals surface area contributed by atoms with Gasteiger partial charge in [0.05, 0.1) is 12.1 Å². The van der Waals surface area contributed by atoms with E-state index in [0.717, 1.165) is 26.1 Å². The van der Waals surface area contributed by atoms with Crippen LogP contribution >= 0.6 is 24.8 Å². The van der Waals surface area contributed by atoms with Crippen molar-refractivity contribution in [2.45, 2.75) is 26.1 Å². The highest BCUT2D eigenvalue weighted by Crippen LogP contribution is 2.11. The first kappa shape index (κ1) is 25.7. The van der Waals surface area contributed by atoms with Crippen LogP contribution in [0.5, 0.6) is 0 Å². The smallest absolute Gasteiger partial charge is 0.254 e. The number of nitrogens with two attached hydrogens (primary N) is 1. The first-order valence-corrected chi connectivity index (χ1v) is 9.60. The van der Waals surface area contributed by atoms with Crippen LogP contribution in [0.2, 0.25) is 0 Å². The molecule has 0 spiro atoms. The van der Waals surface area contributed by atoms with Gasteiger partial charge < -0.3 is 15.5 Å². The molecule has 0 radical (unpaired) electrons. The molecule has 1 heterocycles. The van der Waals surface area contributed by atoms with E-state index in [1.807, 2.05) is 12.1 Å². The van der Waals surface area contributed by atoms with Gasteiger partial charge in [0.1, 0.15) is 12.0 Å². The molecule has 162 valence electrons. The number of rotatable bonds is 10. The van der Waals surface area contributed by atoms with Crippen molar-refractivity contribution in [1.82, 2.24) is 10.2 Å². The number of hydrogen-bond donors (Lipinski definition) is 2. The summed E-state index contributed by atoms with van der Waals surface area (Å²) in [5.74, 6) is 0.489. The molecule has 0 atom stereocenters. The molecule has 3 aromatic rings. The van der Waals surface area contributed by atoms with Gasteiger partial charge in [-0.3, -0.25) is 9.69 Å². The summed E-state index contributed by atoms with van der Waals surface area (Å²) in [7, 11) is 0. The SMILES string of the molecule is Cl.Cl.NCc1cc(C(=O)NCCCN(Cc2ccccc2)Cc2ccccc2)co1. The van der Waals surface area contributed by atoms with E-state index in [1.165, 1.54) is 17.4 Å². The molecule has 0 aliphatic heterocycles. The largest absolute Gasteiger partial charge is 0.467 e. The van der Waals surface area contributed by atoms with Crippen molar-refractivity contribution in [3.05, 3.63) is 95.4 Å². The fourth-order valence-corrected chi connectivity index (χ4v) is 3.11. The summed E-state index contributed by atoms with van der Waals surface area (Å²) < 4.78 is 5.22. The van der Waals surface area contributed by atoms with Gasteiger partial charge in [-0.2, -0.15) is 0 Å². The van der Waals surface area contributed by atoms with Gasteiger partial charge in [-0.1, -0.05) is 60.7 Å². The van der Waals surface area contributed by atoms with E-state index in [0.29, 0.717) is 24.4 Å². The summed E-state index contributed by atoms with van der Waals surface area (Å²) in [5, 5.41) is 2.95. The molecule has 0 unspecified atom stereocenters. The third kappa shape index (κ3) is 8.20. The zero-order valence-electron chi connectivity index (χ0n) is 16.8.